The molecule has 0 fully saturated rings. The molecule has 0 amide bonds. The summed E-state index contributed by atoms with van der Waals surface area (Å²) in [5.41, 5.74) is 4.81. The topological polar surface area (TPSA) is 69.7 Å². The Labute approximate surface area is 252 Å². The average Bonchev–Trinajstić information content (AvgIpc) is 3.05. The van der Waals surface area contributed by atoms with Crippen LogP contribution in [0.3, 0.4) is 0 Å². The summed E-state index contributed by atoms with van der Waals surface area (Å²) in [6, 6.07) is 40.2. The van der Waals surface area contributed by atoms with Gasteiger partial charge in [0.1, 0.15) is 11.5 Å². The van der Waals surface area contributed by atoms with Crippen LogP contribution in [0.4, 0.5) is 0 Å². The quantitative estimate of drug-likeness (QED) is 0.101. The van der Waals surface area contributed by atoms with Gasteiger partial charge in [0, 0.05) is 5.56 Å². The normalized spacial score (nSPS) is 10.1. The van der Waals surface area contributed by atoms with Crippen molar-refractivity contribution < 1.29 is 23.9 Å². The predicted molar refractivity (Wildman–Crippen MR) is 170 cm³/mol. The van der Waals surface area contributed by atoms with E-state index < -0.39 is 5.97 Å². The first-order valence-corrected chi connectivity index (χ1v) is 13.9. The molecule has 0 aliphatic heterocycles. The van der Waals surface area contributed by atoms with E-state index in [1.165, 1.54) is 0 Å². The van der Waals surface area contributed by atoms with Crippen molar-refractivity contribution in [3.05, 3.63) is 173 Å². The number of Topliss-reactive ketones (excluding diaryl/α,β-unsaturated/α-hetero) is 1. The van der Waals surface area contributed by atoms with Crippen LogP contribution in [0.5, 0.6) is 11.5 Å². The highest BCUT2D eigenvalue weighted by molar-refractivity contribution is 5.94. The number of ketones is 1. The number of benzene rings is 5. The third-order valence-corrected chi connectivity index (χ3v) is 6.47. The van der Waals surface area contributed by atoms with Gasteiger partial charge in [-0.15, -0.1) is 0 Å². The second kappa shape index (κ2) is 15.5. The lowest BCUT2D eigenvalue weighted by atomic mass is 10.0. The van der Waals surface area contributed by atoms with Gasteiger partial charge < -0.3 is 9.47 Å². The molecule has 0 bridgehead atoms. The highest BCUT2D eigenvalue weighted by Crippen LogP contribution is 2.22. The molecule has 0 spiro atoms. The van der Waals surface area contributed by atoms with Crippen molar-refractivity contribution in [1.82, 2.24) is 0 Å². The molecule has 0 saturated heterocycles. The monoisotopic (exact) mass is 568 g/mol. The number of hydrogen-bond acceptors (Lipinski definition) is 5. The first-order chi connectivity index (χ1) is 20.9. The number of hydrogen-bond donors (Lipinski definition) is 0. The second-order valence-corrected chi connectivity index (χ2v) is 9.69. The van der Waals surface area contributed by atoms with Crippen LogP contribution in [0, 0.1) is 0 Å². The lowest BCUT2D eigenvalue weighted by molar-refractivity contribution is 0.0725. The van der Waals surface area contributed by atoms with Gasteiger partial charge in [0.2, 0.25) is 0 Å². The summed E-state index contributed by atoms with van der Waals surface area (Å²) in [6.45, 7) is 5.41. The Bertz CT molecular complexity index is 1660. The zero-order valence-corrected chi connectivity index (χ0v) is 23.9. The van der Waals surface area contributed by atoms with E-state index in [1.54, 1.807) is 79.7 Å². The number of aryl methyl sites for hydroxylation is 2. The zero-order chi connectivity index (χ0) is 30.4. The van der Waals surface area contributed by atoms with Crippen LogP contribution < -0.4 is 9.47 Å². The van der Waals surface area contributed by atoms with Gasteiger partial charge in [-0.05, 0) is 85.0 Å². The molecule has 0 saturated carbocycles. The molecule has 43 heavy (non-hydrogen) atoms. The lowest BCUT2D eigenvalue weighted by Gasteiger charge is -2.10. The molecule has 0 aliphatic rings. The maximum atomic E-state index is 12.4. The summed E-state index contributed by atoms with van der Waals surface area (Å²) >= 11 is 0. The molecule has 0 N–H and O–H groups in total. The van der Waals surface area contributed by atoms with Gasteiger partial charge >= 0.3 is 11.9 Å². The summed E-state index contributed by atoms with van der Waals surface area (Å²) in [4.78, 5) is 35.3. The van der Waals surface area contributed by atoms with Crippen molar-refractivity contribution in [2.45, 2.75) is 19.8 Å². The molecule has 0 unspecified atom stereocenters. The van der Waals surface area contributed by atoms with Crippen molar-refractivity contribution in [1.29, 1.82) is 0 Å². The molecule has 214 valence electrons. The zero-order valence-electron chi connectivity index (χ0n) is 23.9. The molecule has 5 nitrogen and oxygen atoms in total. The van der Waals surface area contributed by atoms with Crippen LogP contribution in [0.1, 0.15) is 54.7 Å². The summed E-state index contributed by atoms with van der Waals surface area (Å²) in [6.07, 6.45) is 3.26. The van der Waals surface area contributed by atoms with Gasteiger partial charge in [0.15, 0.2) is 5.78 Å². The third kappa shape index (κ3) is 9.51. The minimum absolute atomic E-state index is 0.121. The standard InChI is InChI=1S/C30H24O4.C8H8O/c1-2-22-19-24(21-28(20-22)34-30(32)26-11-7-4-8-12-26)14-13-23-15-17-27(18-16-23)33-29(31)25-9-5-3-6-10-25;1-7(9)8-5-3-2-4-6-8/h2-12,15-21H,1,13-14H2;2-6H,1H3. The van der Waals surface area contributed by atoms with Crippen LogP contribution in [-0.2, 0) is 12.8 Å². The van der Waals surface area contributed by atoms with Crippen LogP contribution in [0.15, 0.2) is 140 Å². The fourth-order valence-corrected chi connectivity index (χ4v) is 4.17. The van der Waals surface area contributed by atoms with E-state index in [4.69, 9.17) is 9.47 Å². The lowest BCUT2D eigenvalue weighted by Crippen LogP contribution is -2.08. The molecule has 5 aromatic carbocycles. The Balaban J connectivity index is 0.000000403. The van der Waals surface area contributed by atoms with E-state index in [0.29, 0.717) is 22.6 Å². The minimum atomic E-state index is -0.395. The molecule has 0 aromatic heterocycles. The van der Waals surface area contributed by atoms with Crippen LogP contribution in [-0.4, -0.2) is 17.7 Å². The fourth-order valence-electron chi connectivity index (χ4n) is 4.17. The minimum Gasteiger partial charge on any atom is -0.423 e. The van der Waals surface area contributed by atoms with Gasteiger partial charge in [0.05, 0.1) is 11.1 Å². The molecule has 0 heterocycles. The van der Waals surface area contributed by atoms with Crippen LogP contribution in [0.25, 0.3) is 6.08 Å². The van der Waals surface area contributed by atoms with E-state index in [0.717, 1.165) is 35.1 Å². The Morgan fingerprint density at radius 1 is 0.558 bits per heavy atom. The van der Waals surface area contributed by atoms with E-state index in [-0.39, 0.29) is 11.8 Å². The van der Waals surface area contributed by atoms with E-state index >= 15 is 0 Å². The van der Waals surface area contributed by atoms with Gasteiger partial charge in [0.25, 0.3) is 0 Å². The van der Waals surface area contributed by atoms with Crippen LogP contribution in [0.2, 0.25) is 0 Å². The van der Waals surface area contributed by atoms with Crippen molar-refractivity contribution in [2.24, 2.45) is 0 Å². The van der Waals surface area contributed by atoms with Gasteiger partial charge in [-0.2, -0.15) is 0 Å². The number of carbonyl (C=O) groups is 3. The van der Waals surface area contributed by atoms with Gasteiger partial charge in [-0.3, -0.25) is 4.79 Å². The van der Waals surface area contributed by atoms with E-state index in [9.17, 15) is 14.4 Å². The summed E-state index contributed by atoms with van der Waals surface area (Å²) in [7, 11) is 0. The summed E-state index contributed by atoms with van der Waals surface area (Å²) in [5, 5.41) is 0. The van der Waals surface area contributed by atoms with E-state index in [1.807, 2.05) is 66.7 Å². The Morgan fingerprint density at radius 3 is 1.49 bits per heavy atom. The number of rotatable bonds is 9. The highest BCUT2D eigenvalue weighted by Gasteiger charge is 2.10. The molecular weight excluding hydrogens is 536 g/mol. The van der Waals surface area contributed by atoms with Crippen molar-refractivity contribution in [2.75, 3.05) is 0 Å². The highest BCUT2D eigenvalue weighted by atomic mass is 16.5. The number of ether oxygens (including phenoxy) is 2. The van der Waals surface area contributed by atoms with Crippen molar-refractivity contribution >= 4 is 23.8 Å². The Kier molecular flexibility index (Phi) is 10.9. The smallest absolute Gasteiger partial charge is 0.343 e. The number of esters is 2. The van der Waals surface area contributed by atoms with Gasteiger partial charge in [-0.25, -0.2) is 9.59 Å². The maximum absolute atomic E-state index is 12.4. The molecule has 5 rings (SSSR count). The summed E-state index contributed by atoms with van der Waals surface area (Å²) < 4.78 is 11.0. The molecule has 5 heteroatoms. The molecule has 5 aromatic rings. The number of carbonyl (C=O) groups excluding carboxylic acids is 3. The fraction of sp³-hybridized carbons (Fsp3) is 0.0789. The first kappa shape index (κ1) is 30.4. The molecule has 0 aliphatic carbocycles. The van der Waals surface area contributed by atoms with Gasteiger partial charge in [-0.1, -0.05) is 97.6 Å². The maximum Gasteiger partial charge on any atom is 0.343 e. The summed E-state index contributed by atoms with van der Waals surface area (Å²) in [5.74, 6) is 0.335. The van der Waals surface area contributed by atoms with Crippen molar-refractivity contribution in [3.63, 3.8) is 0 Å². The Morgan fingerprint density at radius 2 is 1.02 bits per heavy atom. The average molecular weight is 569 g/mol. The van der Waals surface area contributed by atoms with Crippen LogP contribution >= 0.6 is 0 Å². The second-order valence-electron chi connectivity index (χ2n) is 9.69. The molecule has 0 radical (unpaired) electrons. The van der Waals surface area contributed by atoms with Crippen molar-refractivity contribution in [3.8, 4) is 11.5 Å². The van der Waals surface area contributed by atoms with E-state index in [2.05, 4.69) is 6.58 Å². The SMILES string of the molecule is C=Cc1cc(CCc2ccc(OC(=O)c3ccccc3)cc2)cc(OC(=O)c2ccccc2)c1.CC(=O)c1ccccc1. The Hall–Kier alpha value is -5.55. The first-order valence-electron chi connectivity index (χ1n) is 13.9. The molecule has 0 atom stereocenters. The largest absolute Gasteiger partial charge is 0.423 e. The predicted octanol–water partition coefficient (Wildman–Crippen LogP) is 8.44. The third-order valence-electron chi connectivity index (χ3n) is 6.47. The molecular formula is C38H32O5.